The lowest BCUT2D eigenvalue weighted by Crippen LogP contribution is -2.20. The van der Waals surface area contributed by atoms with Crippen LogP contribution in [0.1, 0.15) is 22.7 Å². The molecule has 0 heterocycles. The van der Waals surface area contributed by atoms with E-state index in [1.807, 2.05) is 0 Å². The highest BCUT2D eigenvalue weighted by Gasteiger charge is 2.17. The normalized spacial score (nSPS) is 12.5. The third kappa shape index (κ3) is 3.66. The lowest BCUT2D eigenvalue weighted by molar-refractivity contribution is 0.518. The summed E-state index contributed by atoms with van der Waals surface area (Å²) in [4.78, 5) is 0. The molecule has 0 fully saturated rings. The second-order valence-corrected chi connectivity index (χ2v) is 5.77. The minimum atomic E-state index is -0.585. The van der Waals surface area contributed by atoms with Crippen LogP contribution in [0.2, 0.25) is 0 Å². The van der Waals surface area contributed by atoms with Gasteiger partial charge in [-0.05, 0) is 65.6 Å². The van der Waals surface area contributed by atoms with Gasteiger partial charge >= 0.3 is 0 Å². The molecule has 0 radical (unpaired) electrons. The third-order valence-corrected chi connectivity index (χ3v) is 4.03. The summed E-state index contributed by atoms with van der Waals surface area (Å²) >= 11 is 3.13. The lowest BCUT2D eigenvalue weighted by atomic mass is 9.97. The molecule has 0 spiro atoms. The number of benzene rings is 2. The largest absolute Gasteiger partial charge is 0.313 e. The fourth-order valence-electron chi connectivity index (χ4n) is 2.22. The summed E-state index contributed by atoms with van der Waals surface area (Å²) in [6.45, 7) is 1.60. The van der Waals surface area contributed by atoms with E-state index in [4.69, 9.17) is 0 Å². The first-order valence-corrected chi connectivity index (χ1v) is 7.28. The average Bonchev–Trinajstić information content (AvgIpc) is 2.44. The lowest BCUT2D eigenvalue weighted by Gasteiger charge is -2.18. The van der Waals surface area contributed by atoms with Crippen molar-refractivity contribution in [1.29, 1.82) is 0 Å². The molecule has 1 atom stereocenters. The summed E-state index contributed by atoms with van der Waals surface area (Å²) in [5, 5.41) is 3.02. The van der Waals surface area contributed by atoms with Gasteiger partial charge in [-0.25, -0.2) is 13.2 Å². The number of aryl methyl sites for hydroxylation is 1. The van der Waals surface area contributed by atoms with Crippen molar-refractivity contribution >= 4 is 15.9 Å². The number of likely N-dealkylation sites (N-methyl/N-ethyl adjacent to an activating group) is 1. The zero-order chi connectivity index (χ0) is 15.6. The monoisotopic (exact) mass is 357 g/mol. The molecule has 0 aliphatic rings. The van der Waals surface area contributed by atoms with Crippen molar-refractivity contribution in [3.05, 3.63) is 68.9 Å². The fourth-order valence-corrected chi connectivity index (χ4v) is 2.64. The molecule has 1 nitrogen and oxygen atoms in total. The van der Waals surface area contributed by atoms with E-state index in [0.29, 0.717) is 22.0 Å². The highest BCUT2D eigenvalue weighted by molar-refractivity contribution is 9.10. The van der Waals surface area contributed by atoms with E-state index < -0.39 is 11.6 Å². The van der Waals surface area contributed by atoms with Crippen LogP contribution in [-0.2, 0) is 6.42 Å². The zero-order valence-electron chi connectivity index (χ0n) is 11.7. The summed E-state index contributed by atoms with van der Waals surface area (Å²) in [7, 11) is 1.71. The third-order valence-electron chi connectivity index (χ3n) is 3.43. The Bertz CT molecular complexity index is 658. The molecule has 0 saturated heterocycles. The fraction of sp³-hybridized carbons (Fsp3) is 0.250. The maximum Gasteiger partial charge on any atom is 0.137 e. The molecule has 2 rings (SSSR count). The van der Waals surface area contributed by atoms with Crippen LogP contribution in [0.3, 0.4) is 0 Å². The van der Waals surface area contributed by atoms with Crippen LogP contribution >= 0.6 is 15.9 Å². The Morgan fingerprint density at radius 3 is 2.38 bits per heavy atom. The predicted octanol–water partition coefficient (Wildman–Crippen LogP) is 4.68. The number of nitrogens with one attached hydrogen (secondary N) is 1. The SMILES string of the molecule is CNC(Cc1ccc(F)c(Br)c1)c1cc(C)c(F)cc1F. The van der Waals surface area contributed by atoms with Gasteiger partial charge in [-0.15, -0.1) is 0 Å². The van der Waals surface area contributed by atoms with Gasteiger partial charge in [0.25, 0.3) is 0 Å². The van der Waals surface area contributed by atoms with Gasteiger partial charge < -0.3 is 5.32 Å². The summed E-state index contributed by atoms with van der Waals surface area (Å²) in [6.07, 6.45) is 0.470. The van der Waals surface area contributed by atoms with Gasteiger partial charge in [-0.1, -0.05) is 6.07 Å². The molecule has 5 heteroatoms. The number of hydrogen-bond donors (Lipinski definition) is 1. The van der Waals surface area contributed by atoms with E-state index in [0.717, 1.165) is 11.6 Å². The van der Waals surface area contributed by atoms with Gasteiger partial charge in [-0.2, -0.15) is 0 Å². The van der Waals surface area contributed by atoms with Crippen LogP contribution in [0.15, 0.2) is 34.8 Å². The molecule has 0 aliphatic carbocycles. The Morgan fingerprint density at radius 2 is 1.76 bits per heavy atom. The van der Waals surface area contributed by atoms with Gasteiger partial charge in [0.15, 0.2) is 0 Å². The Kier molecular flexibility index (Phi) is 5.06. The smallest absolute Gasteiger partial charge is 0.137 e. The van der Waals surface area contributed by atoms with Crippen molar-refractivity contribution in [3.63, 3.8) is 0 Å². The average molecular weight is 358 g/mol. The Balaban J connectivity index is 2.31. The summed E-state index contributed by atoms with van der Waals surface area (Å²) in [5.74, 6) is -1.49. The highest BCUT2D eigenvalue weighted by Crippen LogP contribution is 2.25. The molecular formula is C16H15BrF3N. The van der Waals surface area contributed by atoms with E-state index in [1.54, 1.807) is 26.1 Å². The molecule has 0 saturated carbocycles. The van der Waals surface area contributed by atoms with E-state index in [2.05, 4.69) is 21.2 Å². The van der Waals surface area contributed by atoms with Crippen molar-refractivity contribution < 1.29 is 13.2 Å². The van der Waals surface area contributed by atoms with Gasteiger partial charge in [-0.3, -0.25) is 0 Å². The quantitative estimate of drug-likeness (QED) is 0.837. The highest BCUT2D eigenvalue weighted by atomic mass is 79.9. The molecule has 0 aromatic heterocycles. The van der Waals surface area contributed by atoms with Gasteiger partial charge in [0.2, 0.25) is 0 Å². The van der Waals surface area contributed by atoms with Crippen LogP contribution in [0.5, 0.6) is 0 Å². The van der Waals surface area contributed by atoms with Crippen molar-refractivity contribution in [2.45, 2.75) is 19.4 Å². The Hall–Kier alpha value is -1.33. The standard InChI is InChI=1S/C16H15BrF3N/c1-9-5-11(15(20)8-14(9)19)16(21-2)7-10-3-4-13(18)12(17)6-10/h3-6,8,16,21H,7H2,1-2H3. The second-order valence-electron chi connectivity index (χ2n) is 4.92. The van der Waals surface area contributed by atoms with Gasteiger partial charge in [0, 0.05) is 17.7 Å². The number of rotatable bonds is 4. The summed E-state index contributed by atoms with van der Waals surface area (Å²) < 4.78 is 40.9. The van der Waals surface area contributed by atoms with Crippen LogP contribution in [-0.4, -0.2) is 7.05 Å². The van der Waals surface area contributed by atoms with Gasteiger partial charge in [0.05, 0.1) is 4.47 Å². The van der Waals surface area contributed by atoms with Crippen molar-refractivity contribution in [2.24, 2.45) is 0 Å². The number of halogens is 4. The minimum absolute atomic E-state index is 0.318. The molecule has 0 bridgehead atoms. The first kappa shape index (κ1) is 16.0. The predicted molar refractivity (Wildman–Crippen MR) is 80.7 cm³/mol. The molecule has 1 unspecified atom stereocenters. The van der Waals surface area contributed by atoms with Gasteiger partial charge in [0.1, 0.15) is 17.5 Å². The summed E-state index contributed by atoms with van der Waals surface area (Å²) in [5.41, 5.74) is 1.65. The molecule has 2 aromatic rings. The molecule has 2 aromatic carbocycles. The molecule has 21 heavy (non-hydrogen) atoms. The molecule has 1 N–H and O–H groups in total. The number of hydrogen-bond acceptors (Lipinski definition) is 1. The molecule has 0 aliphatic heterocycles. The maximum absolute atomic E-state index is 14.0. The molecule has 0 amide bonds. The van der Waals surface area contributed by atoms with E-state index in [9.17, 15) is 13.2 Å². The maximum atomic E-state index is 14.0. The topological polar surface area (TPSA) is 12.0 Å². The first-order valence-electron chi connectivity index (χ1n) is 6.49. The van der Waals surface area contributed by atoms with Crippen molar-refractivity contribution in [3.8, 4) is 0 Å². The Morgan fingerprint density at radius 1 is 1.05 bits per heavy atom. The van der Waals surface area contributed by atoms with E-state index in [-0.39, 0.29) is 11.9 Å². The van der Waals surface area contributed by atoms with Crippen molar-refractivity contribution in [2.75, 3.05) is 7.05 Å². The van der Waals surface area contributed by atoms with Crippen LogP contribution in [0.4, 0.5) is 13.2 Å². The van der Waals surface area contributed by atoms with Crippen LogP contribution < -0.4 is 5.32 Å². The van der Waals surface area contributed by atoms with Crippen LogP contribution in [0, 0.1) is 24.4 Å². The second kappa shape index (κ2) is 6.62. The Labute approximate surface area is 130 Å². The zero-order valence-corrected chi connectivity index (χ0v) is 13.3. The molecule has 112 valence electrons. The first-order chi connectivity index (χ1) is 9.92. The summed E-state index contributed by atoms with van der Waals surface area (Å²) in [6, 6.07) is 6.76. The van der Waals surface area contributed by atoms with Crippen molar-refractivity contribution in [1.82, 2.24) is 5.32 Å². The van der Waals surface area contributed by atoms with E-state index >= 15 is 0 Å². The molecular weight excluding hydrogens is 343 g/mol. The van der Waals surface area contributed by atoms with Crippen LogP contribution in [0.25, 0.3) is 0 Å². The van der Waals surface area contributed by atoms with E-state index in [1.165, 1.54) is 12.1 Å². The minimum Gasteiger partial charge on any atom is -0.313 e.